The van der Waals surface area contributed by atoms with Crippen molar-refractivity contribution in [1.29, 1.82) is 0 Å². The molecule has 8 nitrogen and oxygen atoms in total. The van der Waals surface area contributed by atoms with E-state index in [4.69, 9.17) is 4.74 Å². The molecular formula is C28H19F2N3O5. The quantitative estimate of drug-likeness (QED) is 0.168. The molecule has 0 bridgehead atoms. The lowest BCUT2D eigenvalue weighted by Gasteiger charge is -2.16. The second kappa shape index (κ2) is 9.74. The van der Waals surface area contributed by atoms with Gasteiger partial charge in [0.05, 0.1) is 27.7 Å². The summed E-state index contributed by atoms with van der Waals surface area (Å²) < 4.78 is 34.4. The third kappa shape index (κ3) is 4.79. The van der Waals surface area contributed by atoms with Gasteiger partial charge in [-0.05, 0) is 43.3 Å². The number of non-ortho nitro benzene ring substituents is 1. The van der Waals surface area contributed by atoms with Crippen LogP contribution in [0, 0.1) is 28.7 Å². The van der Waals surface area contributed by atoms with Crippen molar-refractivity contribution in [3.8, 4) is 11.5 Å². The summed E-state index contributed by atoms with van der Waals surface area (Å²) in [4.78, 5) is 37.0. The molecule has 1 aromatic heterocycles. The zero-order valence-corrected chi connectivity index (χ0v) is 19.9. The molecule has 0 unspecified atom stereocenters. The van der Waals surface area contributed by atoms with Crippen molar-refractivity contribution in [2.45, 2.75) is 13.5 Å². The Morgan fingerprint density at radius 1 is 0.974 bits per heavy atom. The number of rotatable bonds is 6. The minimum atomic E-state index is -0.991. The minimum absolute atomic E-state index is 0.0345. The molecule has 0 atom stereocenters. The van der Waals surface area contributed by atoms with Crippen molar-refractivity contribution in [2.75, 3.05) is 5.32 Å². The van der Waals surface area contributed by atoms with Crippen LogP contribution >= 0.6 is 0 Å². The standard InChI is InChI=1S/C28H19F2N3O5/c1-16-6-8-25-22(10-16)28(35)21-4-2-3-5-24(21)32(25)15-27(34)31-18-12-19(33(36)37)14-20(13-18)38-26-9-7-17(29)11-23(26)30/h2-14H,15H2,1H3,(H,31,34). The molecule has 1 N–H and O–H groups in total. The highest BCUT2D eigenvalue weighted by Gasteiger charge is 2.17. The Morgan fingerprint density at radius 2 is 1.74 bits per heavy atom. The van der Waals surface area contributed by atoms with Gasteiger partial charge in [-0.25, -0.2) is 8.78 Å². The van der Waals surface area contributed by atoms with Gasteiger partial charge >= 0.3 is 0 Å². The van der Waals surface area contributed by atoms with Gasteiger partial charge in [0.25, 0.3) is 5.69 Å². The van der Waals surface area contributed by atoms with Crippen LogP contribution < -0.4 is 15.5 Å². The number of amides is 1. The molecule has 5 aromatic rings. The van der Waals surface area contributed by atoms with E-state index in [9.17, 15) is 28.5 Å². The Balaban J connectivity index is 1.50. The van der Waals surface area contributed by atoms with Crippen molar-refractivity contribution in [1.82, 2.24) is 4.57 Å². The predicted molar refractivity (Wildman–Crippen MR) is 139 cm³/mol. The summed E-state index contributed by atoms with van der Waals surface area (Å²) in [5.41, 5.74) is 1.48. The molecule has 1 amide bonds. The zero-order chi connectivity index (χ0) is 27.0. The smallest absolute Gasteiger partial charge is 0.275 e. The highest BCUT2D eigenvalue weighted by Crippen LogP contribution is 2.31. The van der Waals surface area contributed by atoms with Crippen LogP contribution in [0.3, 0.4) is 0 Å². The van der Waals surface area contributed by atoms with Crippen molar-refractivity contribution in [2.24, 2.45) is 0 Å². The maximum Gasteiger partial charge on any atom is 0.275 e. The SMILES string of the molecule is Cc1ccc2c(c1)c(=O)c1ccccc1n2CC(=O)Nc1cc(Oc2ccc(F)cc2F)cc([N+](=O)[O-])c1. The maximum absolute atomic E-state index is 14.1. The lowest BCUT2D eigenvalue weighted by Crippen LogP contribution is -2.21. The molecule has 0 aliphatic carbocycles. The van der Waals surface area contributed by atoms with Gasteiger partial charge in [-0.2, -0.15) is 0 Å². The predicted octanol–water partition coefficient (Wildman–Crippen LogP) is 6.08. The Kier molecular flexibility index (Phi) is 6.29. The van der Waals surface area contributed by atoms with Crippen LogP contribution in [-0.4, -0.2) is 15.4 Å². The van der Waals surface area contributed by atoms with Gasteiger partial charge in [0.15, 0.2) is 17.0 Å². The molecule has 38 heavy (non-hydrogen) atoms. The molecule has 0 aliphatic rings. The highest BCUT2D eigenvalue weighted by atomic mass is 19.1. The molecule has 190 valence electrons. The van der Waals surface area contributed by atoms with Gasteiger partial charge in [-0.3, -0.25) is 19.7 Å². The van der Waals surface area contributed by atoms with Crippen LogP contribution in [0.15, 0.2) is 83.7 Å². The van der Waals surface area contributed by atoms with E-state index in [0.29, 0.717) is 27.9 Å². The van der Waals surface area contributed by atoms with Crippen LogP contribution in [0.4, 0.5) is 20.2 Å². The van der Waals surface area contributed by atoms with Crippen molar-refractivity contribution in [3.05, 3.63) is 116 Å². The lowest BCUT2D eigenvalue weighted by molar-refractivity contribution is -0.384. The second-order valence-electron chi connectivity index (χ2n) is 8.65. The normalized spacial score (nSPS) is 11.0. The number of halogens is 2. The average Bonchev–Trinajstić information content (AvgIpc) is 2.88. The van der Waals surface area contributed by atoms with Crippen molar-refractivity contribution >= 4 is 39.1 Å². The minimum Gasteiger partial charge on any atom is -0.454 e. The third-order valence-electron chi connectivity index (χ3n) is 5.94. The van der Waals surface area contributed by atoms with Gasteiger partial charge in [0.1, 0.15) is 18.1 Å². The monoisotopic (exact) mass is 515 g/mol. The number of fused-ring (bicyclic) bond motifs is 2. The van der Waals surface area contributed by atoms with Gasteiger partial charge < -0.3 is 14.6 Å². The van der Waals surface area contributed by atoms with Crippen molar-refractivity contribution < 1.29 is 23.2 Å². The number of carbonyl (C=O) groups is 1. The van der Waals surface area contributed by atoms with E-state index in [1.54, 1.807) is 41.0 Å². The third-order valence-corrected chi connectivity index (χ3v) is 5.94. The first-order valence-corrected chi connectivity index (χ1v) is 11.4. The molecule has 0 fully saturated rings. The summed E-state index contributed by atoms with van der Waals surface area (Å²) >= 11 is 0. The molecule has 5 rings (SSSR count). The fraction of sp³-hybridized carbons (Fsp3) is 0.0714. The first-order chi connectivity index (χ1) is 18.2. The summed E-state index contributed by atoms with van der Waals surface area (Å²) in [6.07, 6.45) is 0. The van der Waals surface area contributed by atoms with Crippen LogP contribution in [0.1, 0.15) is 5.56 Å². The van der Waals surface area contributed by atoms with Gasteiger partial charge in [0.2, 0.25) is 5.91 Å². The molecule has 0 aliphatic heterocycles. The van der Waals surface area contributed by atoms with Crippen LogP contribution in [0.5, 0.6) is 11.5 Å². The number of benzene rings is 4. The second-order valence-corrected chi connectivity index (χ2v) is 8.65. The summed E-state index contributed by atoms with van der Waals surface area (Å²) in [7, 11) is 0. The largest absolute Gasteiger partial charge is 0.454 e. The lowest BCUT2D eigenvalue weighted by atomic mass is 10.1. The Bertz CT molecular complexity index is 1820. The molecule has 0 spiro atoms. The molecule has 10 heteroatoms. The molecule has 0 saturated carbocycles. The van der Waals surface area contributed by atoms with Crippen molar-refractivity contribution in [3.63, 3.8) is 0 Å². The van der Waals surface area contributed by atoms with E-state index in [-0.39, 0.29) is 29.2 Å². The number of para-hydroxylation sites is 1. The van der Waals surface area contributed by atoms with E-state index in [1.165, 1.54) is 6.07 Å². The first-order valence-electron chi connectivity index (χ1n) is 11.4. The van der Waals surface area contributed by atoms with E-state index in [2.05, 4.69) is 5.32 Å². The highest BCUT2D eigenvalue weighted by molar-refractivity contribution is 5.97. The Hall–Kier alpha value is -5.12. The van der Waals surface area contributed by atoms with Crippen LogP contribution in [0.25, 0.3) is 21.8 Å². The van der Waals surface area contributed by atoms with Crippen LogP contribution in [-0.2, 0) is 11.3 Å². The van der Waals surface area contributed by atoms with E-state index in [0.717, 1.165) is 29.8 Å². The number of hydrogen-bond donors (Lipinski definition) is 1. The molecule has 4 aromatic carbocycles. The number of aryl methyl sites for hydroxylation is 1. The number of nitro benzene ring substituents is 1. The molecule has 0 radical (unpaired) electrons. The maximum atomic E-state index is 14.1. The number of hydrogen-bond acceptors (Lipinski definition) is 5. The van der Waals surface area contributed by atoms with Crippen LogP contribution in [0.2, 0.25) is 0 Å². The van der Waals surface area contributed by atoms with Gasteiger partial charge in [0, 0.05) is 29.0 Å². The average molecular weight is 515 g/mol. The van der Waals surface area contributed by atoms with Gasteiger partial charge in [-0.15, -0.1) is 0 Å². The van der Waals surface area contributed by atoms with E-state index < -0.39 is 28.2 Å². The number of carbonyl (C=O) groups excluding carboxylic acids is 1. The van der Waals surface area contributed by atoms with E-state index in [1.807, 2.05) is 13.0 Å². The number of nitro groups is 1. The summed E-state index contributed by atoms with van der Waals surface area (Å²) in [5.74, 6) is -2.80. The zero-order valence-electron chi connectivity index (χ0n) is 19.9. The topological polar surface area (TPSA) is 103 Å². The Labute approximate surface area is 213 Å². The van der Waals surface area contributed by atoms with Gasteiger partial charge in [-0.1, -0.05) is 23.8 Å². The first kappa shape index (κ1) is 24.6. The van der Waals surface area contributed by atoms with E-state index >= 15 is 0 Å². The number of pyridine rings is 1. The molecule has 0 saturated heterocycles. The summed E-state index contributed by atoms with van der Waals surface area (Å²) in [6, 6.07) is 18.4. The fourth-order valence-electron chi connectivity index (χ4n) is 4.26. The summed E-state index contributed by atoms with van der Waals surface area (Å²) in [6.45, 7) is 1.66. The molecular weight excluding hydrogens is 496 g/mol. The number of nitrogens with one attached hydrogen (secondary N) is 1. The molecule has 1 heterocycles. The fourth-order valence-corrected chi connectivity index (χ4v) is 4.26. The number of nitrogens with zero attached hydrogens (tertiary/aromatic N) is 2. The number of aromatic nitrogens is 1. The Morgan fingerprint density at radius 3 is 2.50 bits per heavy atom. The number of ether oxygens (including phenoxy) is 1. The summed E-state index contributed by atoms with van der Waals surface area (Å²) in [5, 5.41) is 15.0. The number of anilines is 1.